The summed E-state index contributed by atoms with van der Waals surface area (Å²) in [6.45, 7) is 1.55. The van der Waals surface area contributed by atoms with Crippen LogP contribution in [-0.4, -0.2) is 29.3 Å². The average Bonchev–Trinajstić information content (AvgIpc) is 2.68. The number of nitriles is 1. The van der Waals surface area contributed by atoms with Crippen LogP contribution < -0.4 is 5.32 Å². The summed E-state index contributed by atoms with van der Waals surface area (Å²) in [5.74, 6) is -0.843. The van der Waals surface area contributed by atoms with Gasteiger partial charge in [-0.1, -0.05) is 42.1 Å². The molecule has 2 rings (SSSR count). The maximum Gasteiger partial charge on any atom is 0.338 e. The largest absolute Gasteiger partial charge is 0.451 e. The third kappa shape index (κ3) is 5.19. The number of rotatable bonds is 5. The second kappa shape index (κ2) is 9.39. The summed E-state index contributed by atoms with van der Waals surface area (Å²) in [6.07, 6.45) is 2.71. The van der Waals surface area contributed by atoms with Crippen LogP contribution >= 0.6 is 11.8 Å². The molecule has 0 fully saturated rings. The summed E-state index contributed by atoms with van der Waals surface area (Å²) in [5, 5.41) is 11.5. The highest BCUT2D eigenvalue weighted by Crippen LogP contribution is 2.16. The van der Waals surface area contributed by atoms with Crippen molar-refractivity contribution in [2.45, 2.75) is 13.0 Å². The fourth-order valence-corrected chi connectivity index (χ4v) is 2.43. The van der Waals surface area contributed by atoms with Crippen LogP contribution in [0.2, 0.25) is 0 Å². The quantitative estimate of drug-likeness (QED) is 0.217. The zero-order valence-electron chi connectivity index (χ0n) is 14.3. The zero-order chi connectivity index (χ0) is 18.9. The molecule has 0 saturated heterocycles. The van der Waals surface area contributed by atoms with E-state index < -0.39 is 12.1 Å². The molecule has 7 heteroatoms. The molecule has 0 heterocycles. The third-order valence-corrected chi connectivity index (χ3v) is 3.98. The normalized spacial score (nSPS) is 12.0. The second-order valence-corrected chi connectivity index (χ2v) is 5.98. The number of amidine groups is 1. The van der Waals surface area contributed by atoms with E-state index in [0.717, 1.165) is 0 Å². The number of hydrogen-bond donors (Lipinski definition) is 1. The molecule has 26 heavy (non-hydrogen) atoms. The molecular formula is C19H17N3O3S. The number of carbonyl (C=O) groups excluding carboxylic acids is 2. The van der Waals surface area contributed by atoms with Crippen LogP contribution in [0.1, 0.15) is 27.6 Å². The van der Waals surface area contributed by atoms with Crippen molar-refractivity contribution in [3.8, 4) is 6.19 Å². The van der Waals surface area contributed by atoms with Gasteiger partial charge in [-0.05, 0) is 37.4 Å². The number of ketones is 1. The fraction of sp³-hybridized carbons (Fsp3) is 0.158. The van der Waals surface area contributed by atoms with Gasteiger partial charge in [0.1, 0.15) is 0 Å². The molecule has 0 radical (unpaired) electrons. The Morgan fingerprint density at radius 2 is 1.77 bits per heavy atom. The van der Waals surface area contributed by atoms with E-state index in [1.165, 1.54) is 11.8 Å². The standard InChI is InChI=1S/C19H17N3O3S/c1-13(17(23)14-6-4-3-5-7-14)25-18(24)15-8-10-16(11-9-15)22-19(26-2)21-12-20/h3-11,13H,1-2H3,(H,21,22). The van der Waals surface area contributed by atoms with Crippen molar-refractivity contribution in [1.82, 2.24) is 5.32 Å². The highest BCUT2D eigenvalue weighted by molar-refractivity contribution is 8.13. The minimum Gasteiger partial charge on any atom is -0.451 e. The van der Waals surface area contributed by atoms with Gasteiger partial charge >= 0.3 is 5.97 Å². The van der Waals surface area contributed by atoms with Crippen LogP contribution in [0.4, 0.5) is 5.69 Å². The molecule has 0 spiro atoms. The van der Waals surface area contributed by atoms with Crippen LogP contribution in [0.15, 0.2) is 59.6 Å². The molecule has 0 aliphatic rings. The highest BCUT2D eigenvalue weighted by atomic mass is 32.2. The monoisotopic (exact) mass is 367 g/mol. The molecule has 0 saturated carbocycles. The lowest BCUT2D eigenvalue weighted by Crippen LogP contribution is -2.24. The molecule has 0 bridgehead atoms. The predicted molar refractivity (Wildman–Crippen MR) is 101 cm³/mol. The van der Waals surface area contributed by atoms with Gasteiger partial charge in [0.15, 0.2) is 17.5 Å². The van der Waals surface area contributed by atoms with E-state index in [4.69, 9.17) is 10.00 Å². The number of nitrogens with one attached hydrogen (secondary N) is 1. The maximum absolute atomic E-state index is 12.3. The van der Waals surface area contributed by atoms with E-state index in [-0.39, 0.29) is 5.78 Å². The molecule has 2 aromatic rings. The van der Waals surface area contributed by atoms with Crippen LogP contribution in [-0.2, 0) is 4.74 Å². The van der Waals surface area contributed by atoms with E-state index in [2.05, 4.69) is 10.3 Å². The van der Waals surface area contributed by atoms with Gasteiger partial charge in [0, 0.05) is 5.56 Å². The summed E-state index contributed by atoms with van der Waals surface area (Å²) in [7, 11) is 0. The van der Waals surface area contributed by atoms with E-state index in [1.54, 1.807) is 67.9 Å². The first kappa shape index (κ1) is 19.2. The lowest BCUT2D eigenvalue weighted by Gasteiger charge is -2.12. The average molecular weight is 367 g/mol. The Morgan fingerprint density at radius 1 is 1.12 bits per heavy atom. The van der Waals surface area contributed by atoms with Gasteiger partial charge in [0.2, 0.25) is 5.78 Å². The number of esters is 1. The van der Waals surface area contributed by atoms with Gasteiger partial charge in [-0.2, -0.15) is 5.26 Å². The Labute approximate surface area is 155 Å². The summed E-state index contributed by atoms with van der Waals surface area (Å²) in [6, 6.07) is 15.1. The number of benzene rings is 2. The first-order chi connectivity index (χ1) is 12.5. The SMILES string of the molecule is CSC(=Nc1ccc(C(=O)OC(C)C(=O)c2ccccc2)cc1)NC#N. The van der Waals surface area contributed by atoms with Crippen LogP contribution in [0.25, 0.3) is 0 Å². The number of carbonyl (C=O) groups is 2. The second-order valence-electron chi connectivity index (χ2n) is 5.18. The van der Waals surface area contributed by atoms with Crippen molar-refractivity contribution >= 4 is 34.4 Å². The molecule has 1 atom stereocenters. The summed E-state index contributed by atoms with van der Waals surface area (Å²) in [5.41, 5.74) is 1.39. The Morgan fingerprint density at radius 3 is 2.35 bits per heavy atom. The third-order valence-electron chi connectivity index (χ3n) is 3.40. The smallest absolute Gasteiger partial charge is 0.338 e. The Hall–Kier alpha value is -3.11. The van der Waals surface area contributed by atoms with Crippen molar-refractivity contribution in [2.75, 3.05) is 6.26 Å². The minimum absolute atomic E-state index is 0.257. The Balaban J connectivity index is 2.04. The van der Waals surface area contributed by atoms with Crippen molar-refractivity contribution in [3.05, 3.63) is 65.7 Å². The van der Waals surface area contributed by atoms with Crippen molar-refractivity contribution < 1.29 is 14.3 Å². The molecule has 132 valence electrons. The molecular weight excluding hydrogens is 350 g/mol. The first-order valence-corrected chi connectivity index (χ1v) is 8.95. The number of hydrogen-bond acceptors (Lipinski definition) is 6. The number of Topliss-reactive ketones (excluding diaryl/α,β-unsaturated/α-hetero) is 1. The van der Waals surface area contributed by atoms with Crippen molar-refractivity contribution in [1.29, 1.82) is 5.26 Å². The van der Waals surface area contributed by atoms with Gasteiger partial charge in [0.05, 0.1) is 11.3 Å². The summed E-state index contributed by atoms with van der Waals surface area (Å²) in [4.78, 5) is 28.7. The van der Waals surface area contributed by atoms with Gasteiger partial charge in [-0.3, -0.25) is 10.1 Å². The first-order valence-electron chi connectivity index (χ1n) is 7.73. The van der Waals surface area contributed by atoms with Gasteiger partial charge in [-0.25, -0.2) is 9.79 Å². The summed E-state index contributed by atoms with van der Waals surface area (Å²) < 4.78 is 5.25. The molecule has 1 unspecified atom stereocenters. The molecule has 1 N–H and O–H groups in total. The van der Waals surface area contributed by atoms with Crippen LogP contribution in [0.5, 0.6) is 0 Å². The lowest BCUT2D eigenvalue weighted by molar-refractivity contribution is 0.0319. The van der Waals surface area contributed by atoms with E-state index in [1.807, 2.05) is 6.07 Å². The van der Waals surface area contributed by atoms with E-state index >= 15 is 0 Å². The predicted octanol–water partition coefficient (Wildman–Crippen LogP) is 3.54. The molecule has 0 aromatic heterocycles. The van der Waals surface area contributed by atoms with Gasteiger partial charge < -0.3 is 4.74 Å². The molecule has 2 aromatic carbocycles. The number of ether oxygens (including phenoxy) is 1. The lowest BCUT2D eigenvalue weighted by atomic mass is 10.1. The van der Waals surface area contributed by atoms with Crippen LogP contribution in [0.3, 0.4) is 0 Å². The fourth-order valence-electron chi connectivity index (χ4n) is 2.08. The minimum atomic E-state index is -0.884. The van der Waals surface area contributed by atoms with E-state index in [9.17, 15) is 9.59 Å². The highest BCUT2D eigenvalue weighted by Gasteiger charge is 2.20. The van der Waals surface area contributed by atoms with Crippen molar-refractivity contribution in [2.24, 2.45) is 4.99 Å². The zero-order valence-corrected chi connectivity index (χ0v) is 15.1. The van der Waals surface area contributed by atoms with Gasteiger partial charge in [0.25, 0.3) is 0 Å². The number of thioether (sulfide) groups is 1. The number of aliphatic imine (C=N–C) groups is 1. The summed E-state index contributed by atoms with van der Waals surface area (Å²) >= 11 is 1.30. The Bertz CT molecular complexity index is 843. The molecule has 6 nitrogen and oxygen atoms in total. The molecule has 0 amide bonds. The van der Waals surface area contributed by atoms with Crippen LogP contribution in [0, 0.1) is 11.5 Å². The van der Waals surface area contributed by atoms with E-state index in [0.29, 0.717) is 22.0 Å². The molecule has 0 aliphatic heterocycles. The van der Waals surface area contributed by atoms with Gasteiger partial charge in [-0.15, -0.1) is 0 Å². The maximum atomic E-state index is 12.3. The molecule has 0 aliphatic carbocycles. The number of nitrogens with zero attached hydrogens (tertiary/aromatic N) is 2. The topological polar surface area (TPSA) is 91.5 Å². The Kier molecular flexibility index (Phi) is 6.94. The van der Waals surface area contributed by atoms with Crippen molar-refractivity contribution in [3.63, 3.8) is 0 Å².